The molecule has 0 spiro atoms. The molecular weight excluding hydrogens is 386 g/mol. The summed E-state index contributed by atoms with van der Waals surface area (Å²) in [6.45, 7) is 1.23. The fraction of sp³-hybridized carbons (Fsp3) is 0.304. The molecule has 0 bridgehead atoms. The summed E-state index contributed by atoms with van der Waals surface area (Å²) in [6.07, 6.45) is 3.72. The zero-order valence-corrected chi connectivity index (χ0v) is 17.1. The Morgan fingerprint density at radius 2 is 1.87 bits per heavy atom. The maximum atomic E-state index is 12.3. The molecule has 2 aromatic carbocycles. The number of ether oxygens (including phenoxy) is 4. The number of nitrogens with zero attached hydrogens (tertiary/aromatic N) is 1. The number of methoxy groups -OCH3 is 1. The molecule has 0 atom stereocenters. The van der Waals surface area contributed by atoms with Crippen LogP contribution in [0.4, 0.5) is 0 Å². The molecule has 0 N–H and O–H groups in total. The maximum Gasteiger partial charge on any atom is 0.331 e. The maximum absolute atomic E-state index is 12.3. The largest absolute Gasteiger partial charge is 0.496 e. The fourth-order valence-corrected chi connectivity index (χ4v) is 2.92. The lowest BCUT2D eigenvalue weighted by Crippen LogP contribution is -2.30. The Balaban J connectivity index is 1.50. The number of fused-ring (bicyclic) bond motifs is 1. The monoisotopic (exact) mass is 411 g/mol. The summed E-state index contributed by atoms with van der Waals surface area (Å²) in [5.74, 6) is 1.14. The SMILES string of the molecule is COc1ccccc1CN(C)C(=O)COC(=O)/C=C/c1ccc2c(c1)OCCCO2. The van der Waals surface area contributed by atoms with Gasteiger partial charge < -0.3 is 23.8 Å². The van der Waals surface area contributed by atoms with Crippen molar-refractivity contribution < 1.29 is 28.5 Å². The van der Waals surface area contributed by atoms with Crippen LogP contribution in [-0.4, -0.2) is 50.8 Å². The van der Waals surface area contributed by atoms with Crippen LogP contribution in [-0.2, 0) is 20.9 Å². The summed E-state index contributed by atoms with van der Waals surface area (Å²) >= 11 is 0. The van der Waals surface area contributed by atoms with Crippen molar-refractivity contribution in [2.45, 2.75) is 13.0 Å². The standard InChI is InChI=1S/C23H25NO6/c1-24(15-18-6-3-4-7-19(18)27-2)22(25)16-30-23(26)11-9-17-8-10-20-21(14-17)29-13-5-12-28-20/h3-4,6-11,14H,5,12-13,15-16H2,1-2H3/b11-9+. The van der Waals surface area contributed by atoms with E-state index in [2.05, 4.69) is 0 Å². The number of likely N-dealkylation sites (N-methyl/N-ethyl adjacent to an activating group) is 1. The van der Waals surface area contributed by atoms with Gasteiger partial charge in [-0.2, -0.15) is 0 Å². The van der Waals surface area contributed by atoms with Crippen LogP contribution in [0.2, 0.25) is 0 Å². The highest BCUT2D eigenvalue weighted by molar-refractivity contribution is 5.89. The number of benzene rings is 2. The van der Waals surface area contributed by atoms with Crippen molar-refractivity contribution in [2.75, 3.05) is 34.0 Å². The van der Waals surface area contributed by atoms with Gasteiger partial charge in [0.25, 0.3) is 5.91 Å². The Hall–Kier alpha value is -3.48. The first-order valence-corrected chi connectivity index (χ1v) is 9.67. The number of carbonyl (C=O) groups excluding carboxylic acids is 2. The van der Waals surface area contributed by atoms with Crippen LogP contribution >= 0.6 is 0 Å². The minimum absolute atomic E-state index is 0.307. The predicted molar refractivity (Wildman–Crippen MR) is 112 cm³/mol. The number of hydrogen-bond acceptors (Lipinski definition) is 6. The van der Waals surface area contributed by atoms with Crippen molar-refractivity contribution in [1.82, 2.24) is 4.90 Å². The zero-order valence-electron chi connectivity index (χ0n) is 17.1. The van der Waals surface area contributed by atoms with E-state index in [1.807, 2.05) is 36.4 Å². The Bertz CT molecular complexity index is 924. The number of hydrogen-bond donors (Lipinski definition) is 0. The molecule has 1 aliphatic heterocycles. The second kappa shape index (κ2) is 10.3. The third kappa shape index (κ3) is 5.76. The van der Waals surface area contributed by atoms with E-state index in [0.29, 0.717) is 37.0 Å². The van der Waals surface area contributed by atoms with E-state index in [-0.39, 0.29) is 12.5 Å². The summed E-state index contributed by atoms with van der Waals surface area (Å²) < 4.78 is 21.6. The first-order valence-electron chi connectivity index (χ1n) is 9.67. The molecule has 0 aliphatic carbocycles. The van der Waals surface area contributed by atoms with E-state index >= 15 is 0 Å². The van der Waals surface area contributed by atoms with Crippen molar-refractivity contribution >= 4 is 18.0 Å². The average molecular weight is 411 g/mol. The van der Waals surface area contributed by atoms with Gasteiger partial charge in [-0.05, 0) is 29.8 Å². The quantitative estimate of drug-likeness (QED) is 0.515. The minimum Gasteiger partial charge on any atom is -0.496 e. The van der Waals surface area contributed by atoms with Gasteiger partial charge in [-0.25, -0.2) is 4.79 Å². The molecule has 2 aromatic rings. The lowest BCUT2D eigenvalue weighted by atomic mass is 10.2. The molecule has 158 valence electrons. The highest BCUT2D eigenvalue weighted by atomic mass is 16.5. The second-order valence-corrected chi connectivity index (χ2v) is 6.76. The molecule has 0 saturated heterocycles. The first kappa shape index (κ1) is 21.2. The van der Waals surface area contributed by atoms with E-state index in [4.69, 9.17) is 18.9 Å². The number of rotatable bonds is 7. The molecule has 1 heterocycles. The Labute approximate surface area is 175 Å². The van der Waals surface area contributed by atoms with E-state index in [0.717, 1.165) is 17.5 Å². The molecular formula is C23H25NO6. The Kier molecular flexibility index (Phi) is 7.32. The summed E-state index contributed by atoms with van der Waals surface area (Å²) in [4.78, 5) is 25.7. The van der Waals surface area contributed by atoms with Crippen LogP contribution in [0.25, 0.3) is 6.08 Å². The second-order valence-electron chi connectivity index (χ2n) is 6.76. The molecule has 0 radical (unpaired) electrons. The highest BCUT2D eigenvalue weighted by Gasteiger charge is 2.14. The number of esters is 1. The molecule has 1 amide bonds. The predicted octanol–water partition coefficient (Wildman–Crippen LogP) is 3.07. The van der Waals surface area contributed by atoms with Crippen molar-refractivity contribution in [3.8, 4) is 17.2 Å². The number of amides is 1. The highest BCUT2D eigenvalue weighted by Crippen LogP contribution is 2.30. The van der Waals surface area contributed by atoms with E-state index in [9.17, 15) is 9.59 Å². The van der Waals surface area contributed by atoms with E-state index < -0.39 is 5.97 Å². The minimum atomic E-state index is -0.596. The van der Waals surface area contributed by atoms with Crippen LogP contribution in [0.15, 0.2) is 48.5 Å². The van der Waals surface area contributed by atoms with Gasteiger partial charge in [0.15, 0.2) is 18.1 Å². The fourth-order valence-electron chi connectivity index (χ4n) is 2.92. The smallest absolute Gasteiger partial charge is 0.331 e. The van der Waals surface area contributed by atoms with E-state index in [1.165, 1.54) is 11.0 Å². The van der Waals surface area contributed by atoms with Crippen LogP contribution in [0.5, 0.6) is 17.2 Å². The summed E-state index contributed by atoms with van der Waals surface area (Å²) in [5, 5.41) is 0. The third-order valence-corrected chi connectivity index (χ3v) is 4.55. The van der Waals surface area contributed by atoms with Gasteiger partial charge in [0.05, 0.1) is 20.3 Å². The Morgan fingerprint density at radius 1 is 1.10 bits per heavy atom. The normalized spacial score (nSPS) is 12.9. The molecule has 0 unspecified atom stereocenters. The molecule has 0 saturated carbocycles. The lowest BCUT2D eigenvalue weighted by Gasteiger charge is -2.18. The van der Waals surface area contributed by atoms with E-state index in [1.54, 1.807) is 26.3 Å². The van der Waals surface area contributed by atoms with Gasteiger partial charge in [-0.3, -0.25) is 4.79 Å². The van der Waals surface area contributed by atoms with Crippen molar-refractivity contribution in [2.24, 2.45) is 0 Å². The van der Waals surface area contributed by atoms with Crippen molar-refractivity contribution in [1.29, 1.82) is 0 Å². The lowest BCUT2D eigenvalue weighted by molar-refractivity contribution is -0.147. The van der Waals surface area contributed by atoms with Crippen LogP contribution in [0.1, 0.15) is 17.5 Å². The van der Waals surface area contributed by atoms with Crippen LogP contribution < -0.4 is 14.2 Å². The van der Waals surface area contributed by atoms with Crippen molar-refractivity contribution in [3.63, 3.8) is 0 Å². The molecule has 3 rings (SSSR count). The molecule has 7 heteroatoms. The van der Waals surface area contributed by atoms with Gasteiger partial charge in [-0.15, -0.1) is 0 Å². The van der Waals surface area contributed by atoms with Crippen LogP contribution in [0.3, 0.4) is 0 Å². The number of carbonyl (C=O) groups is 2. The first-order chi connectivity index (χ1) is 14.6. The van der Waals surface area contributed by atoms with Crippen molar-refractivity contribution in [3.05, 3.63) is 59.7 Å². The average Bonchev–Trinajstić information content (AvgIpc) is 3.01. The topological polar surface area (TPSA) is 74.3 Å². The molecule has 7 nitrogen and oxygen atoms in total. The molecule has 1 aliphatic rings. The molecule has 0 aromatic heterocycles. The van der Waals surface area contributed by atoms with Gasteiger partial charge in [0.1, 0.15) is 5.75 Å². The van der Waals surface area contributed by atoms with Gasteiger partial charge >= 0.3 is 5.97 Å². The van der Waals surface area contributed by atoms with Gasteiger partial charge in [0, 0.05) is 31.7 Å². The van der Waals surface area contributed by atoms with Gasteiger partial charge in [-0.1, -0.05) is 24.3 Å². The molecule has 30 heavy (non-hydrogen) atoms. The zero-order chi connectivity index (χ0) is 21.3. The summed E-state index contributed by atoms with van der Waals surface area (Å²) in [7, 11) is 3.23. The number of para-hydroxylation sites is 1. The molecule has 0 fully saturated rings. The van der Waals surface area contributed by atoms with Crippen LogP contribution in [0, 0.1) is 0 Å². The van der Waals surface area contributed by atoms with Gasteiger partial charge in [0.2, 0.25) is 0 Å². The summed E-state index contributed by atoms with van der Waals surface area (Å²) in [5.41, 5.74) is 1.65. The third-order valence-electron chi connectivity index (χ3n) is 4.55. The Morgan fingerprint density at radius 3 is 2.67 bits per heavy atom. The summed E-state index contributed by atoms with van der Waals surface area (Å²) in [6, 6.07) is 12.9.